The van der Waals surface area contributed by atoms with Crippen molar-refractivity contribution in [3.05, 3.63) is 195 Å². The summed E-state index contributed by atoms with van der Waals surface area (Å²) in [5.74, 6) is -3.25. The number of ether oxygens (including phenoxy) is 2. The quantitative estimate of drug-likeness (QED) is 0.0139. The number of unbranched alkanes of at least 4 members (excludes halogenated alkanes) is 1. The SMILES string of the molecule is CC(C)NCCN(c1ccc([N+](=O)[O-])c(C(=O)NC(Cc2ccc(OCc3c(Cl)cccc3Cl)cc2)C(=O)O)c1)C(C)C.CCN(CCCCO)c1ccc([N+](=O)[O-])c(C(=O)NC(Cc2ccc(OCc3c(Cl)cccc3Cl)cc2)C(=O)O)c1. The van der Waals surface area contributed by atoms with Crippen LogP contribution in [0.1, 0.15) is 90.4 Å². The molecule has 6 rings (SSSR count). The summed E-state index contributed by atoms with van der Waals surface area (Å²) in [7, 11) is 0. The number of nitrogens with one attached hydrogen (secondary N) is 3. The third kappa shape index (κ3) is 20.0. The lowest BCUT2D eigenvalue weighted by Gasteiger charge is -2.30. The molecule has 0 radical (unpaired) electrons. The van der Waals surface area contributed by atoms with Crippen molar-refractivity contribution in [2.45, 2.75) is 97.7 Å². The van der Waals surface area contributed by atoms with Crippen molar-refractivity contribution in [1.82, 2.24) is 16.0 Å². The monoisotopic (exact) mass is 1230 g/mol. The van der Waals surface area contributed by atoms with E-state index in [2.05, 4.69) is 16.0 Å². The number of aliphatic hydroxyl groups excluding tert-OH is 1. The summed E-state index contributed by atoms with van der Waals surface area (Å²) in [5, 5.41) is 62.3. The maximum absolute atomic E-state index is 13.3. The average molecular weight is 1240 g/mol. The number of carboxylic acid groups (broad SMARTS) is 2. The number of benzene rings is 6. The van der Waals surface area contributed by atoms with E-state index in [0.29, 0.717) is 104 Å². The number of hydrogen-bond acceptors (Lipinski definition) is 14. The number of carbonyl (C=O) groups excluding carboxylic acids is 2. The fourth-order valence-electron chi connectivity index (χ4n) is 8.59. The Hall–Kier alpha value is -7.72. The Balaban J connectivity index is 0.000000308. The third-order valence-electron chi connectivity index (χ3n) is 13.1. The van der Waals surface area contributed by atoms with E-state index in [0.717, 1.165) is 0 Å². The molecular formula is C60H67Cl4N7O13. The molecule has 6 N–H and O–H groups in total. The highest BCUT2D eigenvalue weighted by atomic mass is 35.5. The molecule has 448 valence electrons. The van der Waals surface area contributed by atoms with Crippen molar-refractivity contribution in [3.63, 3.8) is 0 Å². The van der Waals surface area contributed by atoms with Gasteiger partial charge in [0.15, 0.2) is 0 Å². The highest BCUT2D eigenvalue weighted by Gasteiger charge is 2.29. The van der Waals surface area contributed by atoms with Crippen LogP contribution in [0.15, 0.2) is 121 Å². The van der Waals surface area contributed by atoms with Gasteiger partial charge < -0.3 is 50.5 Å². The van der Waals surface area contributed by atoms with E-state index in [1.807, 2.05) is 44.4 Å². The van der Waals surface area contributed by atoms with Crippen LogP contribution in [-0.2, 0) is 35.6 Å². The number of halogens is 4. The molecule has 0 aliphatic heterocycles. The molecular weight excluding hydrogens is 1170 g/mol. The molecule has 0 fully saturated rings. The largest absolute Gasteiger partial charge is 0.489 e. The molecule has 20 nitrogen and oxygen atoms in total. The van der Waals surface area contributed by atoms with E-state index in [1.54, 1.807) is 97.1 Å². The number of aliphatic hydroxyl groups is 1. The van der Waals surface area contributed by atoms with Gasteiger partial charge in [0.25, 0.3) is 23.2 Å². The summed E-state index contributed by atoms with van der Waals surface area (Å²) in [6, 6.07) is 29.8. The lowest BCUT2D eigenvalue weighted by atomic mass is 10.0. The number of nitrogens with zero attached hydrogens (tertiary/aromatic N) is 4. The highest BCUT2D eigenvalue weighted by Crippen LogP contribution is 2.31. The zero-order valence-electron chi connectivity index (χ0n) is 46.9. The number of carboxylic acids is 2. The molecule has 0 aliphatic carbocycles. The Morgan fingerprint density at radius 1 is 0.595 bits per heavy atom. The molecule has 0 saturated heterocycles. The van der Waals surface area contributed by atoms with Gasteiger partial charge in [0.2, 0.25) is 0 Å². The van der Waals surface area contributed by atoms with Gasteiger partial charge in [-0.3, -0.25) is 29.8 Å². The topological polar surface area (TPSA) is 276 Å². The smallest absolute Gasteiger partial charge is 0.326 e. The minimum atomic E-state index is -1.34. The second kappa shape index (κ2) is 32.9. The molecule has 6 aromatic carbocycles. The fourth-order valence-corrected chi connectivity index (χ4v) is 9.60. The molecule has 0 spiro atoms. The van der Waals surface area contributed by atoms with Crippen molar-refractivity contribution < 1.29 is 53.8 Å². The van der Waals surface area contributed by atoms with Gasteiger partial charge in [-0.15, -0.1) is 0 Å². The number of rotatable bonds is 30. The van der Waals surface area contributed by atoms with Gasteiger partial charge in [-0.25, -0.2) is 9.59 Å². The third-order valence-corrected chi connectivity index (χ3v) is 14.5. The first-order valence-electron chi connectivity index (χ1n) is 26.8. The number of amides is 2. The van der Waals surface area contributed by atoms with Crippen molar-refractivity contribution in [1.29, 1.82) is 0 Å². The minimum absolute atomic E-state index is 0.0479. The van der Waals surface area contributed by atoms with Gasteiger partial charge in [-0.05, 0) is 118 Å². The molecule has 2 unspecified atom stereocenters. The number of nitro benzene ring substituents is 2. The molecule has 6 aromatic rings. The van der Waals surface area contributed by atoms with Crippen LogP contribution in [0, 0.1) is 20.2 Å². The first-order chi connectivity index (χ1) is 40.0. The molecule has 84 heavy (non-hydrogen) atoms. The van der Waals surface area contributed by atoms with Crippen LogP contribution in [0.2, 0.25) is 20.1 Å². The summed E-state index contributed by atoms with van der Waals surface area (Å²) in [4.78, 5) is 76.6. The second-order valence-corrected chi connectivity index (χ2v) is 21.4. The van der Waals surface area contributed by atoms with Crippen molar-refractivity contribution in [2.75, 3.05) is 42.6 Å². The minimum Gasteiger partial charge on any atom is -0.489 e. The summed E-state index contributed by atoms with van der Waals surface area (Å²) >= 11 is 24.7. The van der Waals surface area contributed by atoms with E-state index in [9.17, 15) is 49.6 Å². The van der Waals surface area contributed by atoms with Gasteiger partial charge >= 0.3 is 11.9 Å². The van der Waals surface area contributed by atoms with Gasteiger partial charge in [-0.1, -0.05) is 96.6 Å². The molecule has 0 aromatic heterocycles. The van der Waals surface area contributed by atoms with Crippen molar-refractivity contribution in [3.8, 4) is 11.5 Å². The predicted molar refractivity (Wildman–Crippen MR) is 326 cm³/mol. The van der Waals surface area contributed by atoms with Crippen LogP contribution >= 0.6 is 46.4 Å². The predicted octanol–water partition coefficient (Wildman–Crippen LogP) is 11.6. The fraction of sp³-hybridized carbons (Fsp3) is 0.333. The Morgan fingerprint density at radius 2 is 1.01 bits per heavy atom. The van der Waals surface area contributed by atoms with Crippen molar-refractivity contribution >= 4 is 92.9 Å². The van der Waals surface area contributed by atoms with E-state index in [1.165, 1.54) is 24.3 Å². The maximum Gasteiger partial charge on any atom is 0.326 e. The molecule has 2 atom stereocenters. The first kappa shape index (κ1) is 67.1. The summed E-state index contributed by atoms with van der Waals surface area (Å²) in [5.41, 5.74) is 2.42. The Morgan fingerprint density at radius 3 is 1.38 bits per heavy atom. The summed E-state index contributed by atoms with van der Waals surface area (Å²) < 4.78 is 11.5. The number of aliphatic carboxylic acids is 2. The number of hydrogen-bond donors (Lipinski definition) is 6. The van der Waals surface area contributed by atoms with E-state index < -0.39 is 57.1 Å². The normalized spacial score (nSPS) is 11.7. The van der Waals surface area contributed by atoms with Crippen LogP contribution in [0.3, 0.4) is 0 Å². The highest BCUT2D eigenvalue weighted by molar-refractivity contribution is 6.36. The van der Waals surface area contributed by atoms with Crippen LogP contribution < -0.4 is 35.2 Å². The molecule has 0 heterocycles. The molecule has 24 heteroatoms. The Kier molecular flexibility index (Phi) is 26.3. The van der Waals surface area contributed by atoms with Gasteiger partial charge in [0.05, 0.1) is 9.85 Å². The Bertz CT molecular complexity index is 3190. The number of nitro groups is 2. The van der Waals surface area contributed by atoms with Crippen LogP contribution in [0.25, 0.3) is 0 Å². The second-order valence-electron chi connectivity index (χ2n) is 19.7. The van der Waals surface area contributed by atoms with Gasteiger partial charge in [-0.2, -0.15) is 0 Å². The Labute approximate surface area is 506 Å². The standard InChI is InChI=1S/C31H36Cl2N4O6.C29H31Cl2N3O7/c1-19(2)34-14-15-36(20(3)4)22-10-13-29(37(41)42)24(17-22)30(38)35-28(31(39)40)16-21-8-11-23(12-9-21)43-18-25-26(32)6-5-7-27(25)33;1-2-33(14-3-4-15-35)20-10-13-27(34(39)40)22(17-20)28(36)32-26(29(37)38)16-19-8-11-21(12-9-19)41-18-23-24(30)6-5-7-25(23)31/h5-13,17,19-20,28,34H,14-16,18H2,1-4H3,(H,35,38)(H,39,40);5-13,17,26,35H,2-4,14-16,18H2,1H3,(H,32,36)(H,37,38). The van der Waals surface area contributed by atoms with Crippen LogP contribution in [-0.4, -0.2) is 106 Å². The first-order valence-corrected chi connectivity index (χ1v) is 28.3. The lowest BCUT2D eigenvalue weighted by molar-refractivity contribution is -0.385. The zero-order valence-corrected chi connectivity index (χ0v) is 49.9. The molecule has 0 bridgehead atoms. The molecule has 0 aliphatic rings. The lowest BCUT2D eigenvalue weighted by Crippen LogP contribution is -2.42. The zero-order chi connectivity index (χ0) is 61.6. The summed E-state index contributed by atoms with van der Waals surface area (Å²) in [6.45, 7) is 12.7. The number of anilines is 2. The van der Waals surface area contributed by atoms with Crippen molar-refractivity contribution in [2.24, 2.45) is 0 Å². The number of carbonyl (C=O) groups is 4. The van der Waals surface area contributed by atoms with Gasteiger partial charge in [0.1, 0.15) is 47.9 Å². The summed E-state index contributed by atoms with van der Waals surface area (Å²) in [6.07, 6.45) is 1.18. The van der Waals surface area contributed by atoms with E-state index in [-0.39, 0.29) is 55.9 Å². The van der Waals surface area contributed by atoms with Crippen LogP contribution in [0.4, 0.5) is 22.7 Å². The van der Waals surface area contributed by atoms with Gasteiger partial charge in [0, 0.05) is 112 Å². The average Bonchev–Trinajstić information content (AvgIpc) is 3.29. The molecule has 2 amide bonds. The molecule has 0 saturated carbocycles. The maximum atomic E-state index is 13.3. The van der Waals surface area contributed by atoms with E-state index >= 15 is 0 Å². The van der Waals surface area contributed by atoms with Crippen LogP contribution in [0.5, 0.6) is 11.5 Å². The van der Waals surface area contributed by atoms with E-state index in [4.69, 9.17) is 61.0 Å².